The number of hydrogen-bond acceptors (Lipinski definition) is 4. The van der Waals surface area contributed by atoms with E-state index in [4.69, 9.17) is 4.74 Å². The van der Waals surface area contributed by atoms with Gasteiger partial charge in [0, 0.05) is 29.8 Å². The summed E-state index contributed by atoms with van der Waals surface area (Å²) in [5.74, 6) is 1.10. The first-order valence-corrected chi connectivity index (χ1v) is 8.57. The first-order valence-electron chi connectivity index (χ1n) is 7.58. The average Bonchev–Trinajstić information content (AvgIpc) is 2.58. The van der Waals surface area contributed by atoms with Crippen LogP contribution < -0.4 is 15.4 Å². The maximum atomic E-state index is 11.7. The quantitative estimate of drug-likeness (QED) is 0.571. The molecule has 2 aromatic rings. The van der Waals surface area contributed by atoms with Gasteiger partial charge in [0.05, 0.1) is 0 Å². The van der Waals surface area contributed by atoms with Crippen molar-refractivity contribution in [2.45, 2.75) is 11.8 Å². The fraction of sp³-hybridized carbons (Fsp3) is 0.222. The number of carbonyl (C=O) groups excluding carboxylic acids is 2. The van der Waals surface area contributed by atoms with Crippen LogP contribution in [-0.4, -0.2) is 30.7 Å². The van der Waals surface area contributed by atoms with Crippen molar-refractivity contribution in [1.82, 2.24) is 5.32 Å². The smallest absolute Gasteiger partial charge is 0.257 e. The Labute approximate surface area is 145 Å². The van der Waals surface area contributed by atoms with Crippen LogP contribution in [0.3, 0.4) is 0 Å². The van der Waals surface area contributed by atoms with E-state index in [-0.39, 0.29) is 18.4 Å². The molecular weight excluding hydrogens is 324 g/mol. The monoisotopic (exact) mass is 344 g/mol. The first kappa shape index (κ1) is 17.9. The SMILES string of the molecule is CC(=O)Nc1ccc(OCC(=O)NCCSc2ccccc2)cc1. The standard InChI is InChI=1S/C18H20N2O3S/c1-14(21)20-15-7-9-16(10-8-15)23-13-18(22)19-11-12-24-17-5-3-2-4-6-17/h2-10H,11-13H2,1H3,(H,19,22)(H,20,21). The molecule has 24 heavy (non-hydrogen) atoms. The Balaban J connectivity index is 1.63. The Morgan fingerprint density at radius 3 is 2.42 bits per heavy atom. The van der Waals surface area contributed by atoms with E-state index in [0.717, 1.165) is 5.75 Å². The first-order chi connectivity index (χ1) is 11.6. The summed E-state index contributed by atoms with van der Waals surface area (Å²) in [5, 5.41) is 5.49. The van der Waals surface area contributed by atoms with E-state index >= 15 is 0 Å². The Morgan fingerprint density at radius 1 is 1.04 bits per heavy atom. The lowest BCUT2D eigenvalue weighted by molar-refractivity contribution is -0.123. The molecular formula is C18H20N2O3S. The van der Waals surface area contributed by atoms with E-state index in [0.29, 0.717) is 18.0 Å². The van der Waals surface area contributed by atoms with Crippen molar-refractivity contribution in [1.29, 1.82) is 0 Å². The molecule has 2 rings (SSSR count). The van der Waals surface area contributed by atoms with Crippen LogP contribution in [0.15, 0.2) is 59.5 Å². The summed E-state index contributed by atoms with van der Waals surface area (Å²) in [4.78, 5) is 23.9. The van der Waals surface area contributed by atoms with Crippen molar-refractivity contribution in [3.63, 3.8) is 0 Å². The van der Waals surface area contributed by atoms with Crippen molar-refractivity contribution < 1.29 is 14.3 Å². The molecule has 0 radical (unpaired) electrons. The molecule has 0 bridgehead atoms. The number of anilines is 1. The van der Waals surface area contributed by atoms with E-state index in [2.05, 4.69) is 10.6 Å². The molecule has 0 saturated heterocycles. The topological polar surface area (TPSA) is 67.4 Å². The van der Waals surface area contributed by atoms with Crippen molar-refractivity contribution in [2.24, 2.45) is 0 Å². The van der Waals surface area contributed by atoms with Crippen LogP contribution in [0.1, 0.15) is 6.92 Å². The predicted molar refractivity (Wildman–Crippen MR) is 96.4 cm³/mol. The van der Waals surface area contributed by atoms with Crippen LogP contribution in [-0.2, 0) is 9.59 Å². The Morgan fingerprint density at radius 2 is 1.75 bits per heavy atom. The molecule has 0 atom stereocenters. The molecule has 2 amide bonds. The minimum absolute atomic E-state index is 0.0323. The molecule has 0 aliphatic rings. The summed E-state index contributed by atoms with van der Waals surface area (Å²) in [6.45, 7) is 2.00. The molecule has 0 aromatic heterocycles. The summed E-state index contributed by atoms with van der Waals surface area (Å²) >= 11 is 1.69. The number of ether oxygens (including phenoxy) is 1. The van der Waals surface area contributed by atoms with Gasteiger partial charge in [-0.15, -0.1) is 11.8 Å². The van der Waals surface area contributed by atoms with Gasteiger partial charge in [0.15, 0.2) is 6.61 Å². The maximum absolute atomic E-state index is 11.7. The fourth-order valence-electron chi connectivity index (χ4n) is 1.91. The second kappa shape index (κ2) is 9.62. The molecule has 0 heterocycles. The van der Waals surface area contributed by atoms with Crippen LogP contribution in [0.4, 0.5) is 5.69 Å². The van der Waals surface area contributed by atoms with Crippen molar-refractivity contribution in [3.8, 4) is 5.75 Å². The zero-order valence-corrected chi connectivity index (χ0v) is 14.3. The molecule has 0 saturated carbocycles. The zero-order chi connectivity index (χ0) is 17.2. The lowest BCUT2D eigenvalue weighted by Crippen LogP contribution is -2.30. The largest absolute Gasteiger partial charge is 0.484 e. The van der Waals surface area contributed by atoms with Crippen LogP contribution in [0, 0.1) is 0 Å². The Bertz CT molecular complexity index is 660. The molecule has 0 aliphatic carbocycles. The average molecular weight is 344 g/mol. The van der Waals surface area contributed by atoms with Crippen LogP contribution >= 0.6 is 11.8 Å². The van der Waals surface area contributed by atoms with Crippen LogP contribution in [0.5, 0.6) is 5.75 Å². The highest BCUT2D eigenvalue weighted by atomic mass is 32.2. The maximum Gasteiger partial charge on any atom is 0.257 e. The highest BCUT2D eigenvalue weighted by Gasteiger charge is 2.03. The van der Waals surface area contributed by atoms with Crippen LogP contribution in [0.2, 0.25) is 0 Å². The minimum Gasteiger partial charge on any atom is -0.484 e. The summed E-state index contributed by atoms with van der Waals surface area (Å²) in [6.07, 6.45) is 0. The van der Waals surface area contributed by atoms with Gasteiger partial charge in [-0.2, -0.15) is 0 Å². The molecule has 126 valence electrons. The molecule has 2 N–H and O–H groups in total. The third-order valence-corrected chi connectivity index (χ3v) is 3.99. The number of nitrogens with one attached hydrogen (secondary N) is 2. The van der Waals surface area contributed by atoms with Crippen LogP contribution in [0.25, 0.3) is 0 Å². The van der Waals surface area contributed by atoms with Gasteiger partial charge in [-0.1, -0.05) is 18.2 Å². The van der Waals surface area contributed by atoms with Gasteiger partial charge in [0.1, 0.15) is 5.75 Å². The third kappa shape index (κ3) is 6.75. The molecule has 0 spiro atoms. The highest BCUT2D eigenvalue weighted by Crippen LogP contribution is 2.16. The fourth-order valence-corrected chi connectivity index (χ4v) is 2.70. The van der Waals surface area contributed by atoms with Gasteiger partial charge in [-0.25, -0.2) is 0 Å². The minimum atomic E-state index is -0.158. The predicted octanol–water partition coefficient (Wildman–Crippen LogP) is 2.93. The second-order valence-electron chi connectivity index (χ2n) is 5.01. The summed E-state index contributed by atoms with van der Waals surface area (Å²) < 4.78 is 5.41. The van der Waals surface area contributed by atoms with Gasteiger partial charge in [0.25, 0.3) is 5.91 Å². The number of rotatable bonds is 8. The lowest BCUT2D eigenvalue weighted by Gasteiger charge is -2.08. The molecule has 0 unspecified atom stereocenters. The van der Waals surface area contributed by atoms with Gasteiger partial charge in [-0.3, -0.25) is 9.59 Å². The van der Waals surface area contributed by atoms with Gasteiger partial charge < -0.3 is 15.4 Å². The Kier molecular flexibility index (Phi) is 7.17. The molecule has 5 nitrogen and oxygen atoms in total. The zero-order valence-electron chi connectivity index (χ0n) is 13.5. The molecule has 0 fully saturated rings. The summed E-state index contributed by atoms with van der Waals surface area (Å²) in [5.41, 5.74) is 0.692. The molecule has 6 heteroatoms. The number of hydrogen-bond donors (Lipinski definition) is 2. The number of carbonyl (C=O) groups is 2. The van der Waals surface area contributed by atoms with E-state index in [9.17, 15) is 9.59 Å². The summed E-state index contributed by atoms with van der Waals surface area (Å²) in [7, 11) is 0. The summed E-state index contributed by atoms with van der Waals surface area (Å²) in [6, 6.07) is 16.9. The van der Waals surface area contributed by atoms with Gasteiger partial charge in [-0.05, 0) is 36.4 Å². The van der Waals surface area contributed by atoms with E-state index in [1.807, 2.05) is 30.3 Å². The van der Waals surface area contributed by atoms with E-state index < -0.39 is 0 Å². The van der Waals surface area contributed by atoms with Crippen molar-refractivity contribution in [2.75, 3.05) is 24.2 Å². The van der Waals surface area contributed by atoms with E-state index in [1.165, 1.54) is 11.8 Å². The van der Waals surface area contributed by atoms with E-state index in [1.54, 1.807) is 36.0 Å². The Hall–Kier alpha value is -2.47. The van der Waals surface area contributed by atoms with Gasteiger partial charge >= 0.3 is 0 Å². The van der Waals surface area contributed by atoms with Crippen molar-refractivity contribution in [3.05, 3.63) is 54.6 Å². The second-order valence-corrected chi connectivity index (χ2v) is 6.17. The van der Waals surface area contributed by atoms with Crippen molar-refractivity contribution >= 4 is 29.3 Å². The normalized spacial score (nSPS) is 10.0. The third-order valence-electron chi connectivity index (χ3n) is 2.98. The highest BCUT2D eigenvalue weighted by molar-refractivity contribution is 7.99. The number of benzene rings is 2. The number of thioether (sulfide) groups is 1. The molecule has 2 aromatic carbocycles. The lowest BCUT2D eigenvalue weighted by atomic mass is 10.3. The van der Waals surface area contributed by atoms with Gasteiger partial charge in [0.2, 0.25) is 5.91 Å². The molecule has 0 aliphatic heterocycles. The number of amides is 2.